The molecule has 0 saturated carbocycles. The Hall–Kier alpha value is -2.21. The summed E-state index contributed by atoms with van der Waals surface area (Å²) in [5, 5.41) is 2.40. The lowest BCUT2D eigenvalue weighted by Crippen LogP contribution is -2.11. The molecule has 0 bridgehead atoms. The van der Waals surface area contributed by atoms with Crippen molar-refractivity contribution in [3.05, 3.63) is 53.5 Å². The topological polar surface area (TPSA) is 68.3 Å². The van der Waals surface area contributed by atoms with Crippen LogP contribution in [0.2, 0.25) is 0 Å². The molecule has 0 radical (unpaired) electrons. The third kappa shape index (κ3) is 2.97. The Kier molecular flexibility index (Phi) is 3.62. The van der Waals surface area contributed by atoms with Crippen LogP contribution in [-0.4, -0.2) is 5.91 Å². The van der Waals surface area contributed by atoms with Gasteiger partial charge in [0, 0.05) is 11.8 Å². The minimum absolute atomic E-state index is 0.0528. The Morgan fingerprint density at radius 1 is 1.26 bits per heavy atom. The van der Waals surface area contributed by atoms with E-state index in [1.807, 2.05) is 0 Å². The summed E-state index contributed by atoms with van der Waals surface area (Å²) in [6, 6.07) is 5.80. The Bertz CT molecular complexity index is 608. The number of carbonyl (C=O) groups is 1. The van der Waals surface area contributed by atoms with Gasteiger partial charge in [-0.2, -0.15) is 0 Å². The molecule has 0 aliphatic rings. The normalized spacial score (nSPS) is 12.2. The minimum Gasteiger partial charge on any atom is -0.454 e. The summed E-state index contributed by atoms with van der Waals surface area (Å²) >= 11 is 0. The van der Waals surface area contributed by atoms with Gasteiger partial charge >= 0.3 is 0 Å². The molecule has 100 valence electrons. The molecule has 1 heterocycles. The van der Waals surface area contributed by atoms with E-state index in [-0.39, 0.29) is 17.5 Å². The summed E-state index contributed by atoms with van der Waals surface area (Å²) in [7, 11) is 0. The Morgan fingerprint density at radius 3 is 2.58 bits per heavy atom. The lowest BCUT2D eigenvalue weighted by Gasteiger charge is -2.04. The first-order valence-corrected chi connectivity index (χ1v) is 5.59. The Morgan fingerprint density at radius 2 is 2.00 bits per heavy atom. The standard InChI is InChI=1S/C13H12F2N2O2/c1-7(16)11-4-5-12(19-11)13(18)17-8-2-3-9(14)10(15)6-8/h2-7H,16H2,1H3,(H,17,18). The summed E-state index contributed by atoms with van der Waals surface area (Å²) in [6.07, 6.45) is 0. The monoisotopic (exact) mass is 266 g/mol. The largest absolute Gasteiger partial charge is 0.454 e. The van der Waals surface area contributed by atoms with Crippen LogP contribution in [0.15, 0.2) is 34.7 Å². The van der Waals surface area contributed by atoms with Crippen LogP contribution in [0.1, 0.15) is 29.3 Å². The van der Waals surface area contributed by atoms with E-state index in [0.29, 0.717) is 5.76 Å². The average molecular weight is 266 g/mol. The lowest BCUT2D eigenvalue weighted by atomic mass is 10.3. The molecule has 19 heavy (non-hydrogen) atoms. The molecule has 0 aliphatic carbocycles. The second kappa shape index (κ2) is 5.19. The van der Waals surface area contributed by atoms with E-state index < -0.39 is 17.5 Å². The molecule has 1 amide bonds. The highest BCUT2D eigenvalue weighted by Crippen LogP contribution is 2.17. The Balaban J connectivity index is 2.13. The summed E-state index contributed by atoms with van der Waals surface area (Å²) in [5.74, 6) is -2.05. The van der Waals surface area contributed by atoms with Crippen LogP contribution >= 0.6 is 0 Å². The van der Waals surface area contributed by atoms with Gasteiger partial charge in [-0.3, -0.25) is 4.79 Å². The van der Waals surface area contributed by atoms with Crippen LogP contribution in [-0.2, 0) is 0 Å². The third-order valence-electron chi connectivity index (χ3n) is 2.48. The van der Waals surface area contributed by atoms with Crippen LogP contribution in [0.25, 0.3) is 0 Å². The predicted molar refractivity (Wildman–Crippen MR) is 65.6 cm³/mol. The maximum Gasteiger partial charge on any atom is 0.291 e. The maximum absolute atomic E-state index is 13.0. The predicted octanol–water partition coefficient (Wildman–Crippen LogP) is 2.83. The molecule has 1 unspecified atom stereocenters. The van der Waals surface area contributed by atoms with E-state index in [4.69, 9.17) is 10.2 Å². The highest BCUT2D eigenvalue weighted by atomic mass is 19.2. The van der Waals surface area contributed by atoms with Crippen molar-refractivity contribution in [3.8, 4) is 0 Å². The van der Waals surface area contributed by atoms with Crippen molar-refractivity contribution >= 4 is 11.6 Å². The van der Waals surface area contributed by atoms with Crippen molar-refractivity contribution in [1.82, 2.24) is 0 Å². The van der Waals surface area contributed by atoms with E-state index in [2.05, 4.69) is 5.32 Å². The number of amides is 1. The van der Waals surface area contributed by atoms with Crippen molar-refractivity contribution in [1.29, 1.82) is 0 Å². The molecule has 1 aromatic carbocycles. The van der Waals surface area contributed by atoms with Crippen LogP contribution < -0.4 is 11.1 Å². The van der Waals surface area contributed by atoms with Gasteiger partial charge in [-0.05, 0) is 31.2 Å². The van der Waals surface area contributed by atoms with Gasteiger partial charge in [-0.1, -0.05) is 0 Å². The fourth-order valence-electron chi connectivity index (χ4n) is 1.49. The summed E-state index contributed by atoms with van der Waals surface area (Å²) in [6.45, 7) is 1.72. The number of benzene rings is 1. The average Bonchev–Trinajstić information content (AvgIpc) is 2.83. The van der Waals surface area contributed by atoms with Gasteiger partial charge < -0.3 is 15.5 Å². The number of nitrogens with two attached hydrogens (primary N) is 1. The van der Waals surface area contributed by atoms with E-state index in [9.17, 15) is 13.6 Å². The van der Waals surface area contributed by atoms with Gasteiger partial charge in [0.15, 0.2) is 17.4 Å². The van der Waals surface area contributed by atoms with Gasteiger partial charge in [0.1, 0.15) is 5.76 Å². The zero-order chi connectivity index (χ0) is 14.0. The zero-order valence-electron chi connectivity index (χ0n) is 10.1. The summed E-state index contributed by atoms with van der Waals surface area (Å²) in [5.41, 5.74) is 5.74. The fourth-order valence-corrected chi connectivity index (χ4v) is 1.49. The van der Waals surface area contributed by atoms with Crippen molar-refractivity contribution in [3.63, 3.8) is 0 Å². The first-order chi connectivity index (χ1) is 8.97. The van der Waals surface area contributed by atoms with Crippen molar-refractivity contribution in [2.24, 2.45) is 5.73 Å². The fraction of sp³-hybridized carbons (Fsp3) is 0.154. The molecule has 3 N–H and O–H groups in total. The number of hydrogen-bond donors (Lipinski definition) is 2. The SMILES string of the molecule is CC(N)c1ccc(C(=O)Nc2ccc(F)c(F)c2)o1. The van der Waals surface area contributed by atoms with Crippen LogP contribution in [0.5, 0.6) is 0 Å². The smallest absolute Gasteiger partial charge is 0.291 e. The van der Waals surface area contributed by atoms with Crippen LogP contribution in [0, 0.1) is 11.6 Å². The number of carbonyl (C=O) groups excluding carboxylic acids is 1. The van der Waals surface area contributed by atoms with Gasteiger partial charge in [0.05, 0.1) is 6.04 Å². The molecule has 2 rings (SSSR count). The molecule has 0 saturated heterocycles. The number of nitrogens with one attached hydrogen (secondary N) is 1. The second-order valence-corrected chi connectivity index (χ2v) is 4.07. The molecule has 6 heteroatoms. The number of rotatable bonds is 3. The molecule has 0 aliphatic heterocycles. The summed E-state index contributed by atoms with van der Waals surface area (Å²) in [4.78, 5) is 11.8. The minimum atomic E-state index is -1.03. The number of furan rings is 1. The number of anilines is 1. The van der Waals surface area contributed by atoms with Gasteiger partial charge in [-0.25, -0.2) is 8.78 Å². The van der Waals surface area contributed by atoms with E-state index in [1.54, 1.807) is 13.0 Å². The number of halogens is 2. The van der Waals surface area contributed by atoms with Crippen molar-refractivity contribution in [2.75, 3.05) is 5.32 Å². The van der Waals surface area contributed by atoms with E-state index >= 15 is 0 Å². The summed E-state index contributed by atoms with van der Waals surface area (Å²) < 4.78 is 30.9. The van der Waals surface area contributed by atoms with Gasteiger partial charge in [0.2, 0.25) is 0 Å². The molecule has 1 aromatic heterocycles. The molecule has 2 aromatic rings. The lowest BCUT2D eigenvalue weighted by molar-refractivity contribution is 0.0994. The molecule has 4 nitrogen and oxygen atoms in total. The first-order valence-electron chi connectivity index (χ1n) is 5.59. The molecular formula is C13H12F2N2O2. The zero-order valence-corrected chi connectivity index (χ0v) is 10.1. The van der Waals surface area contributed by atoms with Gasteiger partial charge in [-0.15, -0.1) is 0 Å². The Labute approximate surface area is 108 Å². The molecular weight excluding hydrogens is 254 g/mol. The quantitative estimate of drug-likeness (QED) is 0.897. The highest BCUT2D eigenvalue weighted by Gasteiger charge is 2.14. The van der Waals surface area contributed by atoms with E-state index in [0.717, 1.165) is 12.1 Å². The first kappa shape index (κ1) is 13.2. The van der Waals surface area contributed by atoms with Crippen molar-refractivity contribution < 1.29 is 18.0 Å². The molecule has 0 fully saturated rings. The van der Waals surface area contributed by atoms with Gasteiger partial charge in [0.25, 0.3) is 5.91 Å². The third-order valence-corrected chi connectivity index (χ3v) is 2.48. The second-order valence-electron chi connectivity index (χ2n) is 4.07. The van der Waals surface area contributed by atoms with Crippen LogP contribution in [0.4, 0.5) is 14.5 Å². The van der Waals surface area contributed by atoms with E-state index in [1.165, 1.54) is 12.1 Å². The van der Waals surface area contributed by atoms with Crippen molar-refractivity contribution in [2.45, 2.75) is 13.0 Å². The van der Waals surface area contributed by atoms with Crippen LogP contribution in [0.3, 0.4) is 0 Å². The molecule has 0 spiro atoms. The highest BCUT2D eigenvalue weighted by molar-refractivity contribution is 6.02. The maximum atomic E-state index is 13.0. The number of hydrogen-bond acceptors (Lipinski definition) is 3. The molecule has 1 atom stereocenters.